The third-order valence-electron chi connectivity index (χ3n) is 5.24. The second-order valence-corrected chi connectivity index (χ2v) is 8.18. The highest BCUT2D eigenvalue weighted by atomic mass is 32.1. The number of carbonyl (C=O) groups excluding carboxylic acids is 1. The van der Waals surface area contributed by atoms with Crippen molar-refractivity contribution in [1.82, 2.24) is 15.2 Å². The largest absolute Gasteiger partial charge is 0.493 e. The molecule has 2 aromatic carbocycles. The molecule has 0 aliphatic carbocycles. The summed E-state index contributed by atoms with van der Waals surface area (Å²) in [5, 5.41) is 4.13. The normalized spacial score (nSPS) is 16.8. The van der Waals surface area contributed by atoms with Crippen LogP contribution in [-0.4, -0.2) is 43.1 Å². The summed E-state index contributed by atoms with van der Waals surface area (Å²) in [7, 11) is 3.22. The van der Waals surface area contributed by atoms with Gasteiger partial charge in [-0.25, -0.2) is 4.98 Å². The number of thiazole rings is 1. The van der Waals surface area contributed by atoms with Crippen LogP contribution in [0.5, 0.6) is 11.5 Å². The number of methoxy groups -OCH3 is 2. The van der Waals surface area contributed by atoms with Crippen molar-refractivity contribution in [3.63, 3.8) is 0 Å². The lowest BCUT2D eigenvalue weighted by Gasteiger charge is -2.22. The van der Waals surface area contributed by atoms with Crippen molar-refractivity contribution in [3.8, 4) is 11.5 Å². The lowest BCUT2D eigenvalue weighted by molar-refractivity contribution is -0.122. The van der Waals surface area contributed by atoms with Gasteiger partial charge in [0.25, 0.3) is 0 Å². The molecule has 7 heteroatoms. The van der Waals surface area contributed by atoms with Crippen molar-refractivity contribution in [2.45, 2.75) is 25.4 Å². The topological polar surface area (TPSA) is 63.7 Å². The molecule has 0 radical (unpaired) electrons. The van der Waals surface area contributed by atoms with E-state index in [2.05, 4.69) is 16.3 Å². The van der Waals surface area contributed by atoms with Crippen molar-refractivity contribution < 1.29 is 14.3 Å². The number of benzene rings is 2. The maximum absolute atomic E-state index is 12.6. The quantitative estimate of drug-likeness (QED) is 0.641. The predicted molar refractivity (Wildman–Crippen MR) is 115 cm³/mol. The van der Waals surface area contributed by atoms with Crippen LogP contribution in [0.1, 0.15) is 29.5 Å². The lowest BCUT2D eigenvalue weighted by Crippen LogP contribution is -2.36. The van der Waals surface area contributed by atoms with Gasteiger partial charge in [0.2, 0.25) is 5.91 Å². The Morgan fingerprint density at radius 3 is 2.83 bits per heavy atom. The Hall–Kier alpha value is -2.64. The molecule has 1 fully saturated rings. The first kappa shape index (κ1) is 19.7. The van der Waals surface area contributed by atoms with Gasteiger partial charge >= 0.3 is 0 Å². The van der Waals surface area contributed by atoms with E-state index in [1.807, 2.05) is 36.4 Å². The number of nitrogens with one attached hydrogen (secondary N) is 1. The van der Waals surface area contributed by atoms with Crippen molar-refractivity contribution in [2.24, 2.45) is 0 Å². The number of nitrogens with zero attached hydrogens (tertiary/aromatic N) is 2. The van der Waals surface area contributed by atoms with Crippen molar-refractivity contribution in [3.05, 3.63) is 53.0 Å². The first-order chi connectivity index (χ1) is 14.2. The molecule has 1 N–H and O–H groups in total. The monoisotopic (exact) mass is 411 g/mol. The van der Waals surface area contributed by atoms with Crippen LogP contribution in [0.4, 0.5) is 0 Å². The molecule has 0 bridgehead atoms. The molecule has 1 unspecified atom stereocenters. The van der Waals surface area contributed by atoms with Crippen LogP contribution in [0.15, 0.2) is 42.5 Å². The highest BCUT2D eigenvalue weighted by Gasteiger charge is 2.29. The summed E-state index contributed by atoms with van der Waals surface area (Å²) >= 11 is 1.73. The fraction of sp³-hybridized carbons (Fsp3) is 0.364. The number of hydrogen-bond donors (Lipinski definition) is 1. The Kier molecular flexibility index (Phi) is 5.97. The van der Waals surface area contributed by atoms with E-state index in [1.54, 1.807) is 25.6 Å². The third kappa shape index (κ3) is 4.36. The van der Waals surface area contributed by atoms with Gasteiger partial charge in [-0.15, -0.1) is 11.3 Å². The Bertz CT molecular complexity index is 971. The molecule has 29 heavy (non-hydrogen) atoms. The Labute approximate surface area is 174 Å². The van der Waals surface area contributed by atoms with Crippen LogP contribution < -0.4 is 14.8 Å². The second kappa shape index (κ2) is 8.80. The van der Waals surface area contributed by atoms with Gasteiger partial charge in [0, 0.05) is 6.54 Å². The van der Waals surface area contributed by atoms with Crippen LogP contribution in [0.2, 0.25) is 0 Å². The molecule has 1 atom stereocenters. The molecule has 4 rings (SSSR count). The van der Waals surface area contributed by atoms with E-state index < -0.39 is 0 Å². The predicted octanol–water partition coefficient (Wildman–Crippen LogP) is 3.77. The zero-order chi connectivity index (χ0) is 20.2. The Morgan fingerprint density at radius 2 is 2.03 bits per heavy atom. The third-order valence-corrected chi connectivity index (χ3v) is 6.38. The van der Waals surface area contributed by atoms with E-state index in [0.29, 0.717) is 24.6 Å². The molecule has 1 saturated heterocycles. The fourth-order valence-electron chi connectivity index (χ4n) is 3.76. The molecule has 1 amide bonds. The van der Waals surface area contributed by atoms with Crippen molar-refractivity contribution >= 4 is 27.5 Å². The van der Waals surface area contributed by atoms with Gasteiger partial charge in [-0.05, 0) is 49.2 Å². The van der Waals surface area contributed by atoms with E-state index in [1.165, 1.54) is 4.70 Å². The maximum atomic E-state index is 12.6. The van der Waals surface area contributed by atoms with E-state index in [4.69, 9.17) is 14.5 Å². The number of rotatable bonds is 7. The first-order valence-electron chi connectivity index (χ1n) is 9.75. The highest BCUT2D eigenvalue weighted by molar-refractivity contribution is 7.18. The molecule has 152 valence electrons. The number of ether oxygens (including phenoxy) is 2. The van der Waals surface area contributed by atoms with Crippen molar-refractivity contribution in [2.75, 3.05) is 27.3 Å². The van der Waals surface area contributed by atoms with E-state index in [-0.39, 0.29) is 11.9 Å². The van der Waals surface area contributed by atoms with Crippen molar-refractivity contribution in [1.29, 1.82) is 0 Å². The van der Waals surface area contributed by atoms with Gasteiger partial charge in [-0.2, -0.15) is 0 Å². The SMILES string of the molecule is COc1ccc(CNC(=O)CN2CCCC2c2nc3ccccc3s2)cc1OC. The molecule has 0 spiro atoms. The number of hydrogen-bond acceptors (Lipinski definition) is 6. The average Bonchev–Trinajstić information content (AvgIpc) is 3.38. The summed E-state index contributed by atoms with van der Waals surface area (Å²) in [6, 6.07) is 14.1. The minimum atomic E-state index is 0.0211. The second-order valence-electron chi connectivity index (χ2n) is 7.11. The fourth-order valence-corrected chi connectivity index (χ4v) is 4.90. The first-order valence-corrected chi connectivity index (χ1v) is 10.6. The van der Waals surface area contributed by atoms with Crippen LogP contribution in [0.25, 0.3) is 10.2 Å². The number of carbonyl (C=O) groups is 1. The summed E-state index contributed by atoms with van der Waals surface area (Å²) in [5.41, 5.74) is 2.01. The molecular formula is C22H25N3O3S. The van der Waals surface area contributed by atoms with Gasteiger partial charge in [-0.1, -0.05) is 18.2 Å². The molecule has 1 aromatic heterocycles. The number of fused-ring (bicyclic) bond motifs is 1. The minimum absolute atomic E-state index is 0.0211. The van der Waals surface area contributed by atoms with Gasteiger partial charge in [0.1, 0.15) is 5.01 Å². The molecule has 1 aliphatic heterocycles. The van der Waals surface area contributed by atoms with Gasteiger partial charge in [0.15, 0.2) is 11.5 Å². The summed E-state index contributed by atoms with van der Waals surface area (Å²) in [4.78, 5) is 19.6. The van der Waals surface area contributed by atoms with E-state index in [9.17, 15) is 4.79 Å². The van der Waals surface area contributed by atoms with Crippen LogP contribution in [0, 0.1) is 0 Å². The summed E-state index contributed by atoms with van der Waals surface area (Å²) < 4.78 is 11.8. The maximum Gasteiger partial charge on any atom is 0.234 e. The average molecular weight is 412 g/mol. The molecule has 2 heterocycles. The van der Waals surface area contributed by atoms with Crippen LogP contribution in [0.3, 0.4) is 0 Å². The van der Waals surface area contributed by atoms with E-state index in [0.717, 1.165) is 35.5 Å². The smallest absolute Gasteiger partial charge is 0.234 e. The summed E-state index contributed by atoms with van der Waals surface area (Å²) in [6.07, 6.45) is 2.13. The standard InChI is InChI=1S/C22H25N3O3S/c1-27-18-10-9-15(12-19(18)28-2)13-23-21(26)14-25-11-5-7-17(25)22-24-16-6-3-4-8-20(16)29-22/h3-4,6,8-10,12,17H,5,7,11,13-14H2,1-2H3,(H,23,26). The molecule has 3 aromatic rings. The molecular weight excluding hydrogens is 386 g/mol. The Morgan fingerprint density at radius 1 is 1.21 bits per heavy atom. The number of likely N-dealkylation sites (tertiary alicyclic amines) is 1. The van der Waals surface area contributed by atoms with Gasteiger partial charge < -0.3 is 14.8 Å². The molecule has 6 nitrogen and oxygen atoms in total. The van der Waals surface area contributed by atoms with E-state index >= 15 is 0 Å². The number of amides is 1. The minimum Gasteiger partial charge on any atom is -0.493 e. The van der Waals surface area contributed by atoms with Crippen LogP contribution >= 0.6 is 11.3 Å². The molecule has 0 saturated carbocycles. The summed E-state index contributed by atoms with van der Waals surface area (Å²) in [6.45, 7) is 1.76. The Balaban J connectivity index is 1.37. The van der Waals surface area contributed by atoms with Gasteiger partial charge in [-0.3, -0.25) is 9.69 Å². The molecule has 1 aliphatic rings. The van der Waals surface area contributed by atoms with Crippen LogP contribution in [-0.2, 0) is 11.3 Å². The number of aromatic nitrogens is 1. The zero-order valence-corrected chi connectivity index (χ0v) is 17.5. The zero-order valence-electron chi connectivity index (χ0n) is 16.7. The number of para-hydroxylation sites is 1. The summed E-state index contributed by atoms with van der Waals surface area (Å²) in [5.74, 6) is 1.36. The highest BCUT2D eigenvalue weighted by Crippen LogP contribution is 2.36. The lowest BCUT2D eigenvalue weighted by atomic mass is 10.2. The van der Waals surface area contributed by atoms with Gasteiger partial charge in [0.05, 0.1) is 37.0 Å².